The van der Waals surface area contributed by atoms with Gasteiger partial charge in [-0.2, -0.15) is 0 Å². The minimum absolute atomic E-state index is 0.230. The Hall–Kier alpha value is -1.98. The minimum atomic E-state index is 0.230. The van der Waals surface area contributed by atoms with Crippen molar-refractivity contribution in [2.24, 2.45) is 0 Å². The van der Waals surface area contributed by atoms with Gasteiger partial charge in [0.05, 0.1) is 27.7 Å². The Kier molecular flexibility index (Phi) is 3.58. The lowest BCUT2D eigenvalue weighted by Crippen LogP contribution is -2.02. The molecule has 3 heterocycles. The molecule has 0 amide bonds. The maximum absolute atomic E-state index is 6.55. The largest absolute Gasteiger partial charge is 0.491 e. The number of halogens is 2. The van der Waals surface area contributed by atoms with Gasteiger partial charge in [-0.05, 0) is 25.5 Å². The number of hydrogen-bond acceptors (Lipinski definition) is 4. The van der Waals surface area contributed by atoms with Crippen LogP contribution in [0.4, 0.5) is 5.95 Å². The van der Waals surface area contributed by atoms with E-state index < -0.39 is 0 Å². The Morgan fingerprint density at radius 2 is 2.08 bits per heavy atom. The van der Waals surface area contributed by atoms with Gasteiger partial charge in [-0.25, -0.2) is 9.97 Å². The van der Waals surface area contributed by atoms with Crippen LogP contribution in [-0.4, -0.2) is 21.1 Å². The molecule has 0 radical (unpaired) electrons. The fourth-order valence-corrected chi connectivity index (χ4v) is 4.01. The van der Waals surface area contributed by atoms with Crippen molar-refractivity contribution < 1.29 is 4.74 Å². The molecule has 2 N–H and O–H groups in total. The number of nitrogens with two attached hydrogens (primary N) is 1. The van der Waals surface area contributed by atoms with Crippen molar-refractivity contribution in [1.82, 2.24) is 14.5 Å². The van der Waals surface area contributed by atoms with Crippen molar-refractivity contribution in [2.45, 2.75) is 26.8 Å². The molecule has 0 aliphatic carbocycles. The maximum Gasteiger partial charge on any atom is 0.221 e. The van der Waals surface area contributed by atoms with Crippen LogP contribution in [0.15, 0.2) is 12.3 Å². The zero-order chi connectivity index (χ0) is 17.0. The van der Waals surface area contributed by atoms with Gasteiger partial charge in [-0.3, -0.25) is 0 Å². The zero-order valence-corrected chi connectivity index (χ0v) is 14.9. The lowest BCUT2D eigenvalue weighted by atomic mass is 10.0. The molecular weight excluding hydrogens is 347 g/mol. The van der Waals surface area contributed by atoms with Crippen LogP contribution in [0, 0.1) is 6.92 Å². The Morgan fingerprint density at radius 1 is 1.29 bits per heavy atom. The molecule has 1 aliphatic heterocycles. The highest BCUT2D eigenvalue weighted by atomic mass is 35.5. The molecule has 0 fully saturated rings. The first kappa shape index (κ1) is 15.5. The molecule has 0 spiro atoms. The number of nitrogens with zero attached hydrogens (tertiary/aromatic N) is 3. The molecular formula is C17H16Cl2N4O. The van der Waals surface area contributed by atoms with Crippen molar-refractivity contribution in [1.29, 1.82) is 0 Å². The summed E-state index contributed by atoms with van der Waals surface area (Å²) in [6.07, 6.45) is 2.80. The molecule has 0 unspecified atom stereocenters. The molecule has 7 heteroatoms. The summed E-state index contributed by atoms with van der Waals surface area (Å²) in [5, 5.41) is 1.07. The fraction of sp³-hybridized carbons (Fsp3) is 0.294. The van der Waals surface area contributed by atoms with Gasteiger partial charge in [0.15, 0.2) is 0 Å². The number of aromatic nitrogens is 3. The normalized spacial score (nSPS) is 13.3. The van der Waals surface area contributed by atoms with E-state index in [4.69, 9.17) is 33.7 Å². The summed E-state index contributed by atoms with van der Waals surface area (Å²) in [7, 11) is 0. The first-order valence-corrected chi connectivity index (χ1v) is 8.53. The second kappa shape index (κ2) is 5.53. The molecule has 0 saturated heterocycles. The summed E-state index contributed by atoms with van der Waals surface area (Å²) in [5.41, 5.74) is 11.4. The third-order valence-corrected chi connectivity index (χ3v) is 4.95. The van der Waals surface area contributed by atoms with Crippen molar-refractivity contribution in [3.05, 3.63) is 33.4 Å². The minimum Gasteiger partial charge on any atom is -0.491 e. The standard InChI is InChI=1S/C17H16Cl2N4O/c1-3-23-7-8(2)13-15(23)14(22-17(20)21-13)12-9-4-5-24-16(9)11(19)6-10(12)18/h6-7H,3-5H2,1-2H3,(H2,20,21,22). The smallest absolute Gasteiger partial charge is 0.221 e. The first-order valence-electron chi connectivity index (χ1n) is 7.78. The van der Waals surface area contributed by atoms with Crippen molar-refractivity contribution in [2.75, 3.05) is 12.3 Å². The van der Waals surface area contributed by atoms with Crippen LogP contribution in [0.5, 0.6) is 5.75 Å². The molecule has 4 rings (SSSR count). The molecule has 1 aliphatic rings. The van der Waals surface area contributed by atoms with Crippen molar-refractivity contribution in [3.8, 4) is 17.0 Å². The van der Waals surface area contributed by atoms with Crippen LogP contribution < -0.4 is 10.5 Å². The number of fused-ring (bicyclic) bond motifs is 2. The molecule has 2 aromatic heterocycles. The number of aryl methyl sites for hydroxylation is 2. The van der Waals surface area contributed by atoms with Crippen LogP contribution in [0.3, 0.4) is 0 Å². The highest BCUT2D eigenvalue weighted by Gasteiger charge is 2.27. The van der Waals surface area contributed by atoms with E-state index in [-0.39, 0.29) is 5.95 Å². The van der Waals surface area contributed by atoms with Gasteiger partial charge in [0.2, 0.25) is 5.95 Å². The summed E-state index contributed by atoms with van der Waals surface area (Å²) >= 11 is 12.8. The predicted molar refractivity (Wildman–Crippen MR) is 97.0 cm³/mol. The van der Waals surface area contributed by atoms with Gasteiger partial charge in [-0.1, -0.05) is 23.2 Å². The Bertz CT molecular complexity index is 981. The molecule has 24 heavy (non-hydrogen) atoms. The average molecular weight is 363 g/mol. The van der Waals surface area contributed by atoms with Crippen LogP contribution in [0.2, 0.25) is 10.0 Å². The summed E-state index contributed by atoms with van der Waals surface area (Å²) in [6, 6.07) is 1.71. The first-order chi connectivity index (χ1) is 11.5. The molecule has 3 aromatic rings. The van der Waals surface area contributed by atoms with Crippen molar-refractivity contribution >= 4 is 40.2 Å². The number of hydrogen-bond donors (Lipinski definition) is 1. The molecule has 5 nitrogen and oxygen atoms in total. The van der Waals surface area contributed by atoms with Gasteiger partial charge in [-0.15, -0.1) is 0 Å². The van der Waals surface area contributed by atoms with Crippen LogP contribution in [-0.2, 0) is 13.0 Å². The van der Waals surface area contributed by atoms with E-state index in [0.29, 0.717) is 22.4 Å². The third kappa shape index (κ3) is 2.15. The maximum atomic E-state index is 6.55. The van der Waals surface area contributed by atoms with Gasteiger partial charge in [0.25, 0.3) is 0 Å². The van der Waals surface area contributed by atoms with Gasteiger partial charge < -0.3 is 15.0 Å². The second-order valence-electron chi connectivity index (χ2n) is 5.85. The number of ether oxygens (including phenoxy) is 1. The molecule has 0 atom stereocenters. The Labute approximate surface area is 149 Å². The number of rotatable bonds is 2. The van der Waals surface area contributed by atoms with Crippen LogP contribution >= 0.6 is 23.2 Å². The number of nitrogen functional groups attached to an aromatic ring is 1. The van der Waals surface area contributed by atoms with Gasteiger partial charge in [0.1, 0.15) is 11.4 Å². The predicted octanol–water partition coefficient (Wildman–Crippen LogP) is 4.25. The third-order valence-electron chi connectivity index (χ3n) is 4.37. The molecule has 124 valence electrons. The van der Waals surface area contributed by atoms with Gasteiger partial charge >= 0.3 is 0 Å². The summed E-state index contributed by atoms with van der Waals surface area (Å²) in [4.78, 5) is 8.94. The van der Waals surface area contributed by atoms with E-state index >= 15 is 0 Å². The summed E-state index contributed by atoms with van der Waals surface area (Å²) < 4.78 is 7.80. The van der Waals surface area contributed by atoms with E-state index in [0.717, 1.165) is 46.4 Å². The average Bonchev–Trinajstić information content (AvgIpc) is 3.13. The zero-order valence-electron chi connectivity index (χ0n) is 13.4. The quantitative estimate of drug-likeness (QED) is 0.739. The van der Waals surface area contributed by atoms with E-state index in [1.165, 1.54) is 0 Å². The molecule has 0 bridgehead atoms. The van der Waals surface area contributed by atoms with Gasteiger partial charge in [0, 0.05) is 30.3 Å². The topological polar surface area (TPSA) is 66.0 Å². The van der Waals surface area contributed by atoms with Crippen molar-refractivity contribution in [3.63, 3.8) is 0 Å². The van der Waals surface area contributed by atoms with E-state index in [9.17, 15) is 0 Å². The lowest BCUT2D eigenvalue weighted by molar-refractivity contribution is 0.357. The monoisotopic (exact) mass is 362 g/mol. The van der Waals surface area contributed by atoms with Crippen LogP contribution in [0.25, 0.3) is 22.3 Å². The summed E-state index contributed by atoms with van der Waals surface area (Å²) in [5.74, 6) is 0.917. The highest BCUT2D eigenvalue weighted by molar-refractivity contribution is 6.37. The Balaban J connectivity index is 2.14. The second-order valence-corrected chi connectivity index (χ2v) is 6.66. The highest BCUT2D eigenvalue weighted by Crippen LogP contribution is 2.45. The lowest BCUT2D eigenvalue weighted by Gasteiger charge is -2.13. The molecule has 0 saturated carbocycles. The fourth-order valence-electron chi connectivity index (χ4n) is 3.36. The SMILES string of the molecule is CCn1cc(C)c2nc(N)nc(-c3c(Cl)cc(Cl)c4c3CCO4)c21. The van der Waals surface area contributed by atoms with E-state index in [1.807, 2.05) is 6.92 Å². The molecule has 1 aromatic carbocycles. The van der Waals surface area contributed by atoms with E-state index in [2.05, 4.69) is 27.7 Å². The number of anilines is 1. The number of benzene rings is 1. The summed E-state index contributed by atoms with van der Waals surface area (Å²) in [6.45, 7) is 5.48. The van der Waals surface area contributed by atoms with E-state index in [1.54, 1.807) is 6.07 Å². The van der Waals surface area contributed by atoms with Crippen LogP contribution in [0.1, 0.15) is 18.1 Å². The Morgan fingerprint density at radius 3 is 2.83 bits per heavy atom.